The van der Waals surface area contributed by atoms with Crippen molar-refractivity contribution in [1.82, 2.24) is 14.7 Å². The van der Waals surface area contributed by atoms with E-state index < -0.39 is 0 Å². The van der Waals surface area contributed by atoms with Crippen molar-refractivity contribution in [3.05, 3.63) is 54.4 Å². The minimum Gasteiger partial charge on any atom is -0.496 e. The van der Waals surface area contributed by atoms with Crippen LogP contribution in [-0.4, -0.2) is 60.5 Å². The number of benzene rings is 2. The molecule has 0 spiro atoms. The van der Waals surface area contributed by atoms with Gasteiger partial charge in [-0.2, -0.15) is 5.10 Å². The molecule has 7 heteroatoms. The Morgan fingerprint density at radius 1 is 1.18 bits per heavy atom. The number of aromatic nitrogens is 2. The number of nitrogens with zero attached hydrogens (tertiary/aromatic N) is 3. The Bertz CT molecular complexity index is 958. The molecule has 2 aromatic carbocycles. The summed E-state index contributed by atoms with van der Waals surface area (Å²) in [6.07, 6.45) is 3.54. The lowest BCUT2D eigenvalue weighted by Crippen LogP contribution is -2.38. The predicted octanol–water partition coefficient (Wildman–Crippen LogP) is 2.63. The van der Waals surface area contributed by atoms with Gasteiger partial charge in [0.15, 0.2) is 0 Å². The fraction of sp³-hybridized carbons (Fsp3) is 0.333. The molecule has 0 bridgehead atoms. The van der Waals surface area contributed by atoms with E-state index in [1.54, 1.807) is 13.3 Å². The molecule has 1 N–H and O–H groups in total. The Morgan fingerprint density at radius 3 is 2.75 bits per heavy atom. The highest BCUT2D eigenvalue weighted by Crippen LogP contribution is 2.29. The number of fused-ring (bicyclic) bond motifs is 1. The van der Waals surface area contributed by atoms with Crippen molar-refractivity contribution in [2.24, 2.45) is 0 Å². The number of carbonyl (C=O) groups excluding carboxylic acids is 1. The first-order valence-electron chi connectivity index (χ1n) is 9.44. The molecule has 1 aliphatic rings. The second kappa shape index (κ2) is 8.41. The molecule has 0 aliphatic carbocycles. The van der Waals surface area contributed by atoms with Gasteiger partial charge < -0.3 is 14.8 Å². The lowest BCUT2D eigenvalue weighted by atomic mass is 10.0. The summed E-state index contributed by atoms with van der Waals surface area (Å²) >= 11 is 0. The summed E-state index contributed by atoms with van der Waals surface area (Å²) in [6, 6.07) is 11.4. The van der Waals surface area contributed by atoms with Crippen molar-refractivity contribution in [2.45, 2.75) is 6.54 Å². The van der Waals surface area contributed by atoms with Crippen LogP contribution in [0.1, 0.15) is 10.4 Å². The zero-order chi connectivity index (χ0) is 19.3. The summed E-state index contributed by atoms with van der Waals surface area (Å²) in [5, 5.41) is 9.09. The van der Waals surface area contributed by atoms with Crippen molar-refractivity contribution in [1.29, 1.82) is 0 Å². The summed E-state index contributed by atoms with van der Waals surface area (Å²) in [5.41, 5.74) is 1.26. The molecule has 1 fully saturated rings. The highest BCUT2D eigenvalue weighted by atomic mass is 16.5. The van der Waals surface area contributed by atoms with Crippen LogP contribution in [0.4, 0.5) is 5.69 Å². The highest BCUT2D eigenvalue weighted by molar-refractivity contribution is 6.14. The second-order valence-corrected chi connectivity index (χ2v) is 6.76. The molecular formula is C21H24N4O3. The number of morpholine rings is 1. The maximum atomic E-state index is 12.9. The number of hydrogen-bond acceptors (Lipinski definition) is 5. The zero-order valence-corrected chi connectivity index (χ0v) is 15.9. The normalized spacial score (nSPS) is 14.9. The van der Waals surface area contributed by atoms with Crippen molar-refractivity contribution in [2.75, 3.05) is 45.3 Å². The third kappa shape index (κ3) is 4.00. The van der Waals surface area contributed by atoms with Crippen LogP contribution in [0, 0.1) is 0 Å². The van der Waals surface area contributed by atoms with Gasteiger partial charge in [0.25, 0.3) is 5.91 Å². The Morgan fingerprint density at radius 2 is 1.96 bits per heavy atom. The largest absolute Gasteiger partial charge is 0.496 e. The lowest BCUT2D eigenvalue weighted by Gasteiger charge is -2.26. The van der Waals surface area contributed by atoms with Crippen LogP contribution in [0.3, 0.4) is 0 Å². The summed E-state index contributed by atoms with van der Waals surface area (Å²) in [7, 11) is 1.61. The van der Waals surface area contributed by atoms with Gasteiger partial charge in [-0.1, -0.05) is 24.3 Å². The Balaban J connectivity index is 1.46. The molecule has 1 aromatic heterocycles. The fourth-order valence-corrected chi connectivity index (χ4v) is 3.48. The summed E-state index contributed by atoms with van der Waals surface area (Å²) < 4.78 is 12.7. The van der Waals surface area contributed by atoms with Crippen LogP contribution in [0.15, 0.2) is 48.8 Å². The Hall–Kier alpha value is -2.90. The average Bonchev–Trinajstić information content (AvgIpc) is 3.19. The minimum atomic E-state index is -0.178. The van der Waals surface area contributed by atoms with Crippen LogP contribution in [0.2, 0.25) is 0 Å². The fourth-order valence-electron chi connectivity index (χ4n) is 3.48. The van der Waals surface area contributed by atoms with Crippen LogP contribution in [0.25, 0.3) is 10.8 Å². The molecule has 0 unspecified atom stereocenters. The molecule has 28 heavy (non-hydrogen) atoms. The van der Waals surface area contributed by atoms with E-state index in [1.165, 1.54) is 0 Å². The first-order valence-corrected chi connectivity index (χ1v) is 9.44. The Kier molecular flexibility index (Phi) is 5.55. The molecule has 4 rings (SSSR count). The standard InChI is InChI=1S/C21H24N4O3/c1-27-19-7-3-5-16-4-2-6-18(20(16)19)21(26)23-17-14-22-25(15-17)9-8-24-10-12-28-13-11-24/h2-7,14-15H,8-13H2,1H3,(H,23,26). The van der Waals surface area contributed by atoms with Crippen molar-refractivity contribution in [3.8, 4) is 5.75 Å². The van der Waals surface area contributed by atoms with Gasteiger partial charge in [0.2, 0.25) is 0 Å². The molecule has 7 nitrogen and oxygen atoms in total. The van der Waals surface area contributed by atoms with E-state index in [0.29, 0.717) is 17.0 Å². The summed E-state index contributed by atoms with van der Waals surface area (Å²) in [6.45, 7) is 5.17. The number of nitrogens with one attached hydrogen (secondary N) is 1. The van der Waals surface area contributed by atoms with E-state index in [9.17, 15) is 4.79 Å². The van der Waals surface area contributed by atoms with Gasteiger partial charge in [0.1, 0.15) is 5.75 Å². The number of ether oxygens (including phenoxy) is 2. The van der Waals surface area contributed by atoms with Gasteiger partial charge in [-0.25, -0.2) is 0 Å². The number of carbonyl (C=O) groups is 1. The molecule has 0 atom stereocenters. The highest BCUT2D eigenvalue weighted by Gasteiger charge is 2.15. The molecule has 3 aromatic rings. The number of amides is 1. The third-order valence-corrected chi connectivity index (χ3v) is 4.97. The monoisotopic (exact) mass is 380 g/mol. The number of methoxy groups -OCH3 is 1. The average molecular weight is 380 g/mol. The van der Waals surface area contributed by atoms with Crippen LogP contribution < -0.4 is 10.1 Å². The maximum Gasteiger partial charge on any atom is 0.256 e. The van der Waals surface area contributed by atoms with E-state index in [4.69, 9.17) is 9.47 Å². The molecule has 1 amide bonds. The van der Waals surface area contributed by atoms with Gasteiger partial charge >= 0.3 is 0 Å². The molecule has 1 saturated heterocycles. The number of rotatable bonds is 6. The third-order valence-electron chi connectivity index (χ3n) is 4.97. The molecule has 0 saturated carbocycles. The molecule has 146 valence electrons. The van der Waals surface area contributed by atoms with E-state index in [0.717, 1.165) is 50.2 Å². The van der Waals surface area contributed by atoms with E-state index >= 15 is 0 Å². The van der Waals surface area contributed by atoms with E-state index in [2.05, 4.69) is 15.3 Å². The molecule has 1 aliphatic heterocycles. The molecule has 2 heterocycles. The second-order valence-electron chi connectivity index (χ2n) is 6.76. The quantitative estimate of drug-likeness (QED) is 0.712. The van der Waals surface area contributed by atoms with Crippen LogP contribution in [-0.2, 0) is 11.3 Å². The molecule has 0 radical (unpaired) electrons. The van der Waals surface area contributed by atoms with Crippen LogP contribution >= 0.6 is 0 Å². The van der Waals surface area contributed by atoms with Crippen molar-refractivity contribution >= 4 is 22.4 Å². The van der Waals surface area contributed by atoms with Gasteiger partial charge in [-0.3, -0.25) is 14.4 Å². The van der Waals surface area contributed by atoms with Gasteiger partial charge in [0, 0.05) is 31.2 Å². The van der Waals surface area contributed by atoms with E-state index in [1.807, 2.05) is 47.3 Å². The Labute approximate surface area is 163 Å². The molecular weight excluding hydrogens is 356 g/mol. The maximum absolute atomic E-state index is 12.9. The minimum absolute atomic E-state index is 0.178. The zero-order valence-electron chi connectivity index (χ0n) is 15.9. The number of hydrogen-bond donors (Lipinski definition) is 1. The van der Waals surface area contributed by atoms with Crippen LogP contribution in [0.5, 0.6) is 5.75 Å². The van der Waals surface area contributed by atoms with Gasteiger partial charge in [0.05, 0.1) is 44.3 Å². The topological polar surface area (TPSA) is 68.6 Å². The van der Waals surface area contributed by atoms with Crippen molar-refractivity contribution in [3.63, 3.8) is 0 Å². The van der Waals surface area contributed by atoms with E-state index in [-0.39, 0.29) is 5.91 Å². The lowest BCUT2D eigenvalue weighted by molar-refractivity contribution is 0.0360. The van der Waals surface area contributed by atoms with Gasteiger partial charge in [-0.15, -0.1) is 0 Å². The smallest absolute Gasteiger partial charge is 0.256 e. The SMILES string of the molecule is COc1cccc2cccc(C(=O)Nc3cnn(CCN4CCOCC4)c3)c12. The first-order chi connectivity index (χ1) is 13.7. The predicted molar refractivity (Wildman–Crippen MR) is 108 cm³/mol. The van der Waals surface area contributed by atoms with Crippen molar-refractivity contribution < 1.29 is 14.3 Å². The summed E-state index contributed by atoms with van der Waals surface area (Å²) in [5.74, 6) is 0.507. The number of anilines is 1. The first kappa shape index (κ1) is 18.5. The summed E-state index contributed by atoms with van der Waals surface area (Å²) in [4.78, 5) is 15.2. The van der Waals surface area contributed by atoms with Gasteiger partial charge in [-0.05, 0) is 17.5 Å².